The molecule has 5 nitrogen and oxygen atoms in total. The zero-order chi connectivity index (χ0) is 21.9. The lowest BCUT2D eigenvalue weighted by molar-refractivity contribution is -0.0875. The van der Waals surface area contributed by atoms with Crippen LogP contribution in [-0.2, 0) is 6.54 Å². The average molecular weight is 435 g/mol. The van der Waals surface area contributed by atoms with Gasteiger partial charge in [0.25, 0.3) is 0 Å². The molecule has 0 aliphatic heterocycles. The smallest absolute Gasteiger partial charge is 0.162 e. The normalized spacial score (nSPS) is 45.2. The van der Waals surface area contributed by atoms with Crippen LogP contribution in [-0.4, -0.2) is 30.9 Å². The van der Waals surface area contributed by atoms with E-state index in [2.05, 4.69) is 40.8 Å². The predicted octanol–water partition coefficient (Wildman–Crippen LogP) is 4.64. The van der Waals surface area contributed by atoms with Crippen molar-refractivity contribution >= 4 is 0 Å². The van der Waals surface area contributed by atoms with Crippen LogP contribution in [0.3, 0.4) is 0 Å². The number of rotatable bonds is 3. The molecule has 8 atom stereocenters. The SMILES string of the molecule is C=C(Cn1ncnn1)[C@H]1CC[C@H]2[C@@H]3CC[C@H]4C[C@@](O)(C#CC5CC5)CC[C@@H]4[C@H]3CC[C@]12C. The molecule has 1 aromatic rings. The maximum Gasteiger partial charge on any atom is 0.162 e. The number of fused-ring (bicyclic) bond motifs is 5. The van der Waals surface area contributed by atoms with Crippen molar-refractivity contribution in [2.24, 2.45) is 46.8 Å². The Hall–Kier alpha value is -1.67. The van der Waals surface area contributed by atoms with Crippen LogP contribution >= 0.6 is 0 Å². The highest BCUT2D eigenvalue weighted by molar-refractivity contribution is 5.21. The Labute approximate surface area is 192 Å². The molecule has 0 amide bonds. The van der Waals surface area contributed by atoms with Crippen LogP contribution in [0.2, 0.25) is 0 Å². The van der Waals surface area contributed by atoms with Crippen molar-refractivity contribution in [3.63, 3.8) is 0 Å². The number of hydrogen-bond acceptors (Lipinski definition) is 4. The van der Waals surface area contributed by atoms with E-state index in [0.717, 1.165) is 36.5 Å². The highest BCUT2D eigenvalue weighted by atomic mass is 16.3. The molecular weight excluding hydrogens is 396 g/mol. The van der Waals surface area contributed by atoms with Gasteiger partial charge in [-0.3, -0.25) is 0 Å². The van der Waals surface area contributed by atoms with Gasteiger partial charge < -0.3 is 5.11 Å². The van der Waals surface area contributed by atoms with Crippen molar-refractivity contribution in [1.29, 1.82) is 0 Å². The van der Waals surface area contributed by atoms with E-state index in [1.807, 2.05) is 0 Å². The van der Waals surface area contributed by atoms with E-state index in [0.29, 0.717) is 29.7 Å². The van der Waals surface area contributed by atoms with Crippen molar-refractivity contribution < 1.29 is 5.11 Å². The Kier molecular flexibility index (Phi) is 5.02. The lowest BCUT2D eigenvalue weighted by Crippen LogP contribution is -2.50. The molecule has 32 heavy (non-hydrogen) atoms. The Morgan fingerprint density at radius 1 is 1.06 bits per heavy atom. The number of nitrogens with zero attached hydrogens (tertiary/aromatic N) is 4. The third-order valence-electron chi connectivity index (χ3n) is 10.3. The maximum atomic E-state index is 11.2. The fourth-order valence-corrected chi connectivity index (χ4v) is 8.68. The van der Waals surface area contributed by atoms with Gasteiger partial charge in [0.05, 0.1) is 6.54 Å². The molecule has 5 saturated carbocycles. The van der Waals surface area contributed by atoms with E-state index in [-0.39, 0.29) is 0 Å². The van der Waals surface area contributed by atoms with E-state index in [9.17, 15) is 5.11 Å². The van der Waals surface area contributed by atoms with E-state index in [1.165, 1.54) is 69.7 Å². The minimum absolute atomic E-state index is 0.372. The van der Waals surface area contributed by atoms with Crippen molar-refractivity contribution in [3.8, 4) is 11.8 Å². The number of aromatic nitrogens is 4. The van der Waals surface area contributed by atoms with Crippen molar-refractivity contribution in [1.82, 2.24) is 20.2 Å². The molecule has 6 rings (SSSR count). The fraction of sp³-hybridized carbons (Fsp3) is 0.815. The monoisotopic (exact) mass is 434 g/mol. The summed E-state index contributed by atoms with van der Waals surface area (Å²) in [6.45, 7) is 7.76. The Bertz CT molecular complexity index is 927. The lowest BCUT2D eigenvalue weighted by Gasteiger charge is -2.57. The average Bonchev–Trinajstić information content (AvgIpc) is 3.34. The molecule has 1 aromatic heterocycles. The number of aliphatic hydroxyl groups is 1. The van der Waals surface area contributed by atoms with Gasteiger partial charge in [-0.1, -0.05) is 30.9 Å². The Morgan fingerprint density at radius 2 is 1.91 bits per heavy atom. The zero-order valence-electron chi connectivity index (χ0n) is 19.5. The topological polar surface area (TPSA) is 63.8 Å². The molecule has 1 heterocycles. The number of hydrogen-bond donors (Lipinski definition) is 1. The van der Waals surface area contributed by atoms with Gasteiger partial charge >= 0.3 is 0 Å². The van der Waals surface area contributed by atoms with Gasteiger partial charge in [-0.15, -0.1) is 10.2 Å². The molecule has 5 fully saturated rings. The highest BCUT2D eigenvalue weighted by Crippen LogP contribution is 2.65. The van der Waals surface area contributed by atoms with Gasteiger partial charge in [-0.25, -0.2) is 0 Å². The minimum atomic E-state index is -0.703. The molecule has 0 radical (unpaired) electrons. The molecular formula is C27H38N4O. The van der Waals surface area contributed by atoms with Gasteiger partial charge in [0.1, 0.15) is 5.60 Å². The lowest BCUT2D eigenvalue weighted by atomic mass is 9.48. The maximum absolute atomic E-state index is 11.2. The number of tetrazole rings is 1. The van der Waals surface area contributed by atoms with Gasteiger partial charge in [0.2, 0.25) is 0 Å². The third-order valence-corrected chi connectivity index (χ3v) is 10.3. The van der Waals surface area contributed by atoms with Gasteiger partial charge in [0.15, 0.2) is 6.33 Å². The summed E-state index contributed by atoms with van der Waals surface area (Å²) in [7, 11) is 0. The summed E-state index contributed by atoms with van der Waals surface area (Å²) in [6, 6.07) is 0. The van der Waals surface area contributed by atoms with Gasteiger partial charge in [-0.2, -0.15) is 4.80 Å². The van der Waals surface area contributed by atoms with Gasteiger partial charge in [0, 0.05) is 5.92 Å². The molecule has 5 heteroatoms. The molecule has 0 saturated heterocycles. The van der Waals surface area contributed by atoms with Crippen LogP contribution in [0, 0.1) is 58.7 Å². The second-order valence-electron chi connectivity index (χ2n) is 12.1. The summed E-state index contributed by atoms with van der Waals surface area (Å²) in [5, 5.41) is 23.3. The van der Waals surface area contributed by atoms with Crippen LogP contribution < -0.4 is 0 Å². The second kappa shape index (κ2) is 7.69. The third kappa shape index (κ3) is 3.54. The van der Waals surface area contributed by atoms with Crippen LogP contribution in [0.15, 0.2) is 18.5 Å². The molecule has 5 aliphatic rings. The summed E-state index contributed by atoms with van der Waals surface area (Å²) in [4.78, 5) is 1.69. The van der Waals surface area contributed by atoms with Gasteiger partial charge in [-0.05, 0) is 117 Å². The summed E-state index contributed by atoms with van der Waals surface area (Å²) in [5.74, 6) is 11.9. The minimum Gasteiger partial charge on any atom is -0.378 e. The van der Waals surface area contributed by atoms with E-state index in [1.54, 1.807) is 4.80 Å². The molecule has 0 spiro atoms. The first-order chi connectivity index (χ1) is 15.5. The van der Waals surface area contributed by atoms with Crippen LogP contribution in [0.1, 0.15) is 77.6 Å². The summed E-state index contributed by atoms with van der Waals surface area (Å²) < 4.78 is 0. The quantitative estimate of drug-likeness (QED) is 0.556. The predicted molar refractivity (Wildman–Crippen MR) is 123 cm³/mol. The molecule has 0 unspecified atom stereocenters. The van der Waals surface area contributed by atoms with E-state index >= 15 is 0 Å². The Morgan fingerprint density at radius 3 is 2.69 bits per heavy atom. The van der Waals surface area contributed by atoms with Crippen LogP contribution in [0.5, 0.6) is 0 Å². The second-order valence-corrected chi connectivity index (χ2v) is 12.1. The summed E-state index contributed by atoms with van der Waals surface area (Å²) in [5.41, 5.74) is 0.958. The summed E-state index contributed by atoms with van der Waals surface area (Å²) >= 11 is 0. The first kappa shape index (κ1) is 20.9. The molecule has 0 bridgehead atoms. The van der Waals surface area contributed by atoms with Crippen molar-refractivity contribution in [2.75, 3.05) is 0 Å². The van der Waals surface area contributed by atoms with E-state index < -0.39 is 5.60 Å². The highest BCUT2D eigenvalue weighted by Gasteiger charge is 2.58. The summed E-state index contributed by atoms with van der Waals surface area (Å²) in [6.07, 6.45) is 14.9. The first-order valence-corrected chi connectivity index (χ1v) is 13.1. The van der Waals surface area contributed by atoms with Crippen LogP contribution in [0.4, 0.5) is 0 Å². The standard InChI is InChI=1S/C27H38N4O/c1-18(16-31-29-17-28-30-31)24-7-8-25-23-6-5-20-15-27(32,13-9-19-3-4-19)14-11-21(20)22(23)10-12-26(24,25)2/h17,19-25,32H,1,3-8,10-12,14-16H2,2H3/t20-,21-,22+,23+,24+,25-,26+,27+/m0/s1. The Balaban J connectivity index is 1.15. The molecule has 5 aliphatic carbocycles. The molecule has 172 valence electrons. The van der Waals surface area contributed by atoms with Crippen LogP contribution in [0.25, 0.3) is 0 Å². The molecule has 0 aromatic carbocycles. The van der Waals surface area contributed by atoms with Crippen molar-refractivity contribution in [2.45, 2.75) is 89.7 Å². The first-order valence-electron chi connectivity index (χ1n) is 13.1. The fourth-order valence-electron chi connectivity index (χ4n) is 8.68. The zero-order valence-corrected chi connectivity index (χ0v) is 19.5. The largest absolute Gasteiger partial charge is 0.378 e. The molecule has 1 N–H and O–H groups in total. The number of allylic oxidation sites excluding steroid dienone is 1. The van der Waals surface area contributed by atoms with E-state index in [4.69, 9.17) is 0 Å². The van der Waals surface area contributed by atoms with Crippen molar-refractivity contribution in [3.05, 3.63) is 18.5 Å².